The Morgan fingerprint density at radius 3 is 2.45 bits per heavy atom. The van der Waals surface area contributed by atoms with Crippen LogP contribution < -0.4 is 10.5 Å². The molecule has 2 rings (SSSR count). The topological polar surface area (TPSA) is 51.4 Å². The molecule has 0 bridgehead atoms. The van der Waals surface area contributed by atoms with Gasteiger partial charge in [-0.3, -0.25) is 0 Å². The summed E-state index contributed by atoms with van der Waals surface area (Å²) in [6.07, 6.45) is 1.80. The van der Waals surface area contributed by atoms with Gasteiger partial charge in [0.1, 0.15) is 18.2 Å². The molecule has 0 unspecified atom stereocenters. The van der Waals surface area contributed by atoms with Crippen LogP contribution in [0.15, 0.2) is 36.5 Å². The van der Waals surface area contributed by atoms with E-state index in [1.165, 1.54) is 0 Å². The van der Waals surface area contributed by atoms with Gasteiger partial charge in [0.25, 0.3) is 0 Å². The summed E-state index contributed by atoms with van der Waals surface area (Å²) in [6, 6.07) is 10.1. The van der Waals surface area contributed by atoms with Crippen LogP contribution in [0.2, 0.25) is 0 Å². The number of benzene rings is 1. The third-order valence-electron chi connectivity index (χ3n) is 3.11. The van der Waals surface area contributed by atoms with Gasteiger partial charge in [0, 0.05) is 18.3 Å². The minimum atomic E-state index is 0.581. The summed E-state index contributed by atoms with van der Waals surface area (Å²) >= 11 is 0. The first-order valence-electron chi connectivity index (χ1n) is 6.66. The number of likely N-dealkylation sites (N-methyl/N-ethyl adjacent to an activating group) is 1. The van der Waals surface area contributed by atoms with Gasteiger partial charge >= 0.3 is 0 Å². The van der Waals surface area contributed by atoms with Gasteiger partial charge in [0.05, 0.1) is 0 Å². The number of aromatic nitrogens is 1. The smallest absolute Gasteiger partial charge is 0.126 e. The SMILES string of the molecule is Cc1cc(-c2ccc(OCCN(C)C)cc2)cnc1N. The third kappa shape index (κ3) is 3.71. The van der Waals surface area contributed by atoms with Crippen LogP contribution >= 0.6 is 0 Å². The van der Waals surface area contributed by atoms with E-state index in [0.29, 0.717) is 12.4 Å². The second-order valence-electron chi connectivity index (χ2n) is 5.10. The second kappa shape index (κ2) is 6.39. The lowest BCUT2D eigenvalue weighted by atomic mass is 10.1. The average Bonchev–Trinajstić information content (AvgIpc) is 2.42. The largest absolute Gasteiger partial charge is 0.492 e. The first-order valence-corrected chi connectivity index (χ1v) is 6.66. The van der Waals surface area contributed by atoms with Crippen LogP contribution in [0.3, 0.4) is 0 Å². The van der Waals surface area contributed by atoms with Crippen molar-refractivity contribution in [3.05, 3.63) is 42.1 Å². The normalized spacial score (nSPS) is 10.8. The molecule has 0 aliphatic heterocycles. The van der Waals surface area contributed by atoms with Crippen molar-refractivity contribution in [3.8, 4) is 16.9 Å². The standard InChI is InChI=1S/C16H21N3O/c1-12-10-14(11-18-16(12)17)13-4-6-15(7-5-13)20-9-8-19(2)3/h4-7,10-11H,8-9H2,1-3H3,(H2,17,18). The summed E-state index contributed by atoms with van der Waals surface area (Å²) < 4.78 is 5.67. The first kappa shape index (κ1) is 14.3. The summed E-state index contributed by atoms with van der Waals surface area (Å²) in [5, 5.41) is 0. The molecule has 0 spiro atoms. The maximum atomic E-state index is 5.74. The fraction of sp³-hybridized carbons (Fsp3) is 0.312. The fourth-order valence-electron chi connectivity index (χ4n) is 1.83. The van der Waals surface area contributed by atoms with E-state index in [9.17, 15) is 0 Å². The highest BCUT2D eigenvalue weighted by Gasteiger charge is 2.02. The number of nitrogens with zero attached hydrogens (tertiary/aromatic N) is 2. The molecule has 0 aliphatic rings. The van der Waals surface area contributed by atoms with Gasteiger partial charge in [-0.1, -0.05) is 12.1 Å². The fourth-order valence-corrected chi connectivity index (χ4v) is 1.83. The Balaban J connectivity index is 2.05. The van der Waals surface area contributed by atoms with E-state index >= 15 is 0 Å². The number of nitrogen functional groups attached to an aromatic ring is 1. The maximum Gasteiger partial charge on any atom is 0.126 e. The third-order valence-corrected chi connectivity index (χ3v) is 3.11. The van der Waals surface area contributed by atoms with E-state index in [1.54, 1.807) is 6.20 Å². The van der Waals surface area contributed by atoms with Crippen LogP contribution in [0, 0.1) is 6.92 Å². The van der Waals surface area contributed by atoms with E-state index in [0.717, 1.165) is 29.0 Å². The molecule has 4 heteroatoms. The van der Waals surface area contributed by atoms with Crippen molar-refractivity contribution >= 4 is 5.82 Å². The van der Waals surface area contributed by atoms with E-state index in [1.807, 2.05) is 51.4 Å². The Morgan fingerprint density at radius 2 is 1.85 bits per heavy atom. The van der Waals surface area contributed by atoms with Gasteiger partial charge < -0.3 is 15.4 Å². The molecule has 1 heterocycles. The number of ether oxygens (including phenoxy) is 1. The van der Waals surface area contributed by atoms with Crippen molar-refractivity contribution in [2.24, 2.45) is 0 Å². The van der Waals surface area contributed by atoms with Crippen molar-refractivity contribution < 1.29 is 4.74 Å². The highest BCUT2D eigenvalue weighted by molar-refractivity contribution is 5.65. The van der Waals surface area contributed by atoms with Crippen LogP contribution in [0.5, 0.6) is 5.75 Å². The molecule has 106 valence electrons. The number of pyridine rings is 1. The number of anilines is 1. The molecule has 2 N–H and O–H groups in total. The minimum Gasteiger partial charge on any atom is -0.492 e. The van der Waals surface area contributed by atoms with E-state index in [2.05, 4.69) is 9.88 Å². The molecule has 2 aromatic rings. The van der Waals surface area contributed by atoms with Gasteiger partial charge in [-0.05, 0) is 50.3 Å². The molecular formula is C16H21N3O. The van der Waals surface area contributed by atoms with Crippen LogP contribution in [0.4, 0.5) is 5.82 Å². The van der Waals surface area contributed by atoms with Crippen molar-refractivity contribution in [1.29, 1.82) is 0 Å². The minimum absolute atomic E-state index is 0.581. The zero-order chi connectivity index (χ0) is 14.5. The Kier molecular flexibility index (Phi) is 4.58. The Bertz CT molecular complexity index is 564. The summed E-state index contributed by atoms with van der Waals surface area (Å²) in [6.45, 7) is 3.56. The van der Waals surface area contributed by atoms with Crippen LogP contribution in [0.1, 0.15) is 5.56 Å². The van der Waals surface area contributed by atoms with Crippen molar-refractivity contribution in [3.63, 3.8) is 0 Å². The molecular weight excluding hydrogens is 250 g/mol. The van der Waals surface area contributed by atoms with Gasteiger partial charge in [0.15, 0.2) is 0 Å². The van der Waals surface area contributed by atoms with Crippen LogP contribution in [-0.4, -0.2) is 37.1 Å². The predicted molar refractivity (Wildman–Crippen MR) is 82.9 cm³/mol. The summed E-state index contributed by atoms with van der Waals surface area (Å²) in [5.41, 5.74) is 8.91. The quantitative estimate of drug-likeness (QED) is 0.908. The molecule has 0 fully saturated rings. The molecule has 0 aliphatic carbocycles. The number of aryl methyl sites for hydroxylation is 1. The van der Waals surface area contributed by atoms with Crippen LogP contribution in [0.25, 0.3) is 11.1 Å². The monoisotopic (exact) mass is 271 g/mol. The number of hydrogen-bond acceptors (Lipinski definition) is 4. The van der Waals surface area contributed by atoms with E-state index in [-0.39, 0.29) is 0 Å². The Labute approximate surface area is 120 Å². The zero-order valence-corrected chi connectivity index (χ0v) is 12.3. The Morgan fingerprint density at radius 1 is 1.15 bits per heavy atom. The van der Waals surface area contributed by atoms with Crippen LogP contribution in [-0.2, 0) is 0 Å². The molecule has 0 saturated carbocycles. The number of rotatable bonds is 5. The van der Waals surface area contributed by atoms with Crippen molar-refractivity contribution in [1.82, 2.24) is 9.88 Å². The van der Waals surface area contributed by atoms with E-state index < -0.39 is 0 Å². The van der Waals surface area contributed by atoms with Crippen molar-refractivity contribution in [2.75, 3.05) is 33.0 Å². The molecule has 4 nitrogen and oxygen atoms in total. The lowest BCUT2D eigenvalue weighted by Gasteiger charge is -2.11. The lowest BCUT2D eigenvalue weighted by Crippen LogP contribution is -2.19. The molecule has 1 aromatic carbocycles. The predicted octanol–water partition coefficient (Wildman–Crippen LogP) is 2.58. The van der Waals surface area contributed by atoms with E-state index in [4.69, 9.17) is 10.5 Å². The van der Waals surface area contributed by atoms with Gasteiger partial charge in [-0.15, -0.1) is 0 Å². The number of nitrogens with two attached hydrogens (primary N) is 1. The average molecular weight is 271 g/mol. The van der Waals surface area contributed by atoms with Gasteiger partial charge in [-0.25, -0.2) is 4.98 Å². The second-order valence-corrected chi connectivity index (χ2v) is 5.10. The molecule has 0 radical (unpaired) electrons. The molecule has 0 atom stereocenters. The molecule has 20 heavy (non-hydrogen) atoms. The summed E-state index contributed by atoms with van der Waals surface area (Å²) in [5.74, 6) is 1.47. The summed E-state index contributed by atoms with van der Waals surface area (Å²) in [7, 11) is 4.06. The highest BCUT2D eigenvalue weighted by atomic mass is 16.5. The maximum absolute atomic E-state index is 5.74. The zero-order valence-electron chi connectivity index (χ0n) is 12.3. The summed E-state index contributed by atoms with van der Waals surface area (Å²) in [4.78, 5) is 6.28. The molecule has 1 aromatic heterocycles. The number of hydrogen-bond donors (Lipinski definition) is 1. The first-order chi connectivity index (χ1) is 9.56. The Hall–Kier alpha value is -2.07. The molecule has 0 amide bonds. The highest BCUT2D eigenvalue weighted by Crippen LogP contribution is 2.23. The van der Waals surface area contributed by atoms with Gasteiger partial charge in [0.2, 0.25) is 0 Å². The lowest BCUT2D eigenvalue weighted by molar-refractivity contribution is 0.261. The van der Waals surface area contributed by atoms with Crippen molar-refractivity contribution in [2.45, 2.75) is 6.92 Å². The van der Waals surface area contributed by atoms with Gasteiger partial charge in [-0.2, -0.15) is 0 Å². The molecule has 0 saturated heterocycles.